The summed E-state index contributed by atoms with van der Waals surface area (Å²) in [5.41, 5.74) is 6.47. The number of aromatic hydroxyl groups is 1. The number of phenolic OH excluding ortho intramolecular Hbond substituents is 1. The minimum atomic E-state index is -0.978. The number of anilines is 1. The Morgan fingerprint density at radius 1 is 1.41 bits per heavy atom. The summed E-state index contributed by atoms with van der Waals surface area (Å²) in [6.45, 7) is 0. The summed E-state index contributed by atoms with van der Waals surface area (Å²) < 4.78 is 1.36. The van der Waals surface area contributed by atoms with Gasteiger partial charge in [0.15, 0.2) is 0 Å². The van der Waals surface area contributed by atoms with Crippen LogP contribution in [0.25, 0.3) is 5.69 Å². The lowest BCUT2D eigenvalue weighted by Gasteiger charge is -2.02. The third-order valence-electron chi connectivity index (χ3n) is 2.29. The topological polar surface area (TPSA) is 101 Å². The molecule has 0 amide bonds. The van der Waals surface area contributed by atoms with E-state index >= 15 is 0 Å². The lowest BCUT2D eigenvalue weighted by molar-refractivity contribution is -0.136. The first-order valence-corrected chi connectivity index (χ1v) is 4.92. The summed E-state index contributed by atoms with van der Waals surface area (Å²) >= 11 is 0. The van der Waals surface area contributed by atoms with Crippen LogP contribution in [0.15, 0.2) is 30.5 Å². The highest BCUT2D eigenvalue weighted by Gasteiger charge is 2.11. The van der Waals surface area contributed by atoms with Gasteiger partial charge in [0.05, 0.1) is 6.42 Å². The highest BCUT2D eigenvalue weighted by Crippen LogP contribution is 2.22. The van der Waals surface area contributed by atoms with Gasteiger partial charge in [-0.3, -0.25) is 4.79 Å². The fourth-order valence-electron chi connectivity index (χ4n) is 1.50. The molecule has 1 heterocycles. The summed E-state index contributed by atoms with van der Waals surface area (Å²) in [4.78, 5) is 10.6. The van der Waals surface area contributed by atoms with Crippen LogP contribution in [0.4, 0.5) is 5.82 Å². The minimum Gasteiger partial charge on any atom is -0.506 e. The van der Waals surface area contributed by atoms with Gasteiger partial charge in [-0.2, -0.15) is 5.10 Å². The average Bonchev–Trinajstić information content (AvgIpc) is 2.60. The van der Waals surface area contributed by atoms with Crippen LogP contribution in [0.1, 0.15) is 5.56 Å². The fraction of sp³-hybridized carbons (Fsp3) is 0.0909. The van der Waals surface area contributed by atoms with Crippen molar-refractivity contribution in [3.8, 4) is 11.4 Å². The molecule has 0 saturated carbocycles. The van der Waals surface area contributed by atoms with E-state index in [4.69, 9.17) is 10.8 Å². The van der Waals surface area contributed by atoms with E-state index in [2.05, 4.69) is 5.10 Å². The molecule has 6 heteroatoms. The lowest BCUT2D eigenvalue weighted by atomic mass is 10.2. The molecule has 0 saturated heterocycles. The molecule has 88 valence electrons. The first-order chi connectivity index (χ1) is 8.08. The van der Waals surface area contributed by atoms with Gasteiger partial charge in [0.1, 0.15) is 17.3 Å². The normalized spacial score (nSPS) is 10.4. The molecule has 0 spiro atoms. The van der Waals surface area contributed by atoms with Crippen LogP contribution in [0, 0.1) is 0 Å². The molecule has 17 heavy (non-hydrogen) atoms. The van der Waals surface area contributed by atoms with Crippen molar-refractivity contribution >= 4 is 11.8 Å². The number of phenols is 1. The molecule has 0 unspecified atom stereocenters. The zero-order chi connectivity index (χ0) is 12.4. The van der Waals surface area contributed by atoms with Crippen LogP contribution >= 0.6 is 0 Å². The quantitative estimate of drug-likeness (QED) is 0.727. The number of nitrogens with two attached hydrogens (primary N) is 1. The predicted molar refractivity (Wildman–Crippen MR) is 61.0 cm³/mol. The van der Waals surface area contributed by atoms with E-state index in [-0.39, 0.29) is 18.0 Å². The summed E-state index contributed by atoms with van der Waals surface area (Å²) in [6.07, 6.45) is 1.30. The molecule has 6 nitrogen and oxygen atoms in total. The van der Waals surface area contributed by atoms with Crippen LogP contribution in [0.5, 0.6) is 5.75 Å². The van der Waals surface area contributed by atoms with Gasteiger partial charge in [-0.05, 0) is 12.1 Å². The second kappa shape index (κ2) is 4.17. The number of nitrogen functional groups attached to an aromatic ring is 1. The smallest absolute Gasteiger partial charge is 0.308 e. The maximum Gasteiger partial charge on any atom is 0.308 e. The van der Waals surface area contributed by atoms with Gasteiger partial charge in [-0.25, -0.2) is 4.68 Å². The molecule has 2 rings (SSSR count). The summed E-state index contributed by atoms with van der Waals surface area (Å²) in [5, 5.41) is 22.3. The number of aliphatic carboxylic acids is 1. The van der Waals surface area contributed by atoms with Crippen LogP contribution in [-0.2, 0) is 11.2 Å². The Balaban J connectivity index is 2.41. The number of nitrogens with zero attached hydrogens (tertiary/aromatic N) is 2. The van der Waals surface area contributed by atoms with E-state index in [1.165, 1.54) is 16.9 Å². The van der Waals surface area contributed by atoms with Crippen LogP contribution < -0.4 is 5.73 Å². The number of carboxylic acid groups (broad SMARTS) is 1. The van der Waals surface area contributed by atoms with E-state index in [9.17, 15) is 9.90 Å². The lowest BCUT2D eigenvalue weighted by Crippen LogP contribution is -2.01. The number of carbonyl (C=O) groups is 1. The van der Waals surface area contributed by atoms with E-state index in [1.807, 2.05) is 0 Å². The van der Waals surface area contributed by atoms with Gasteiger partial charge in [-0.1, -0.05) is 12.1 Å². The SMILES string of the molecule is Nc1nn(-c2ccccc2O)cc1CC(=O)O. The fourth-order valence-corrected chi connectivity index (χ4v) is 1.50. The van der Waals surface area contributed by atoms with Crippen molar-refractivity contribution < 1.29 is 15.0 Å². The summed E-state index contributed by atoms with van der Waals surface area (Å²) in [7, 11) is 0. The Labute approximate surface area is 96.9 Å². The van der Waals surface area contributed by atoms with Gasteiger partial charge in [0.2, 0.25) is 0 Å². The molecule has 0 aliphatic rings. The molecule has 0 bridgehead atoms. The summed E-state index contributed by atoms with van der Waals surface area (Å²) in [5.74, 6) is -0.777. The maximum atomic E-state index is 10.6. The number of carboxylic acids is 1. The third kappa shape index (κ3) is 2.20. The number of aromatic nitrogens is 2. The zero-order valence-corrected chi connectivity index (χ0v) is 8.87. The van der Waals surface area contributed by atoms with Gasteiger partial charge in [-0.15, -0.1) is 0 Å². The van der Waals surface area contributed by atoms with Gasteiger partial charge in [0, 0.05) is 11.8 Å². The first kappa shape index (κ1) is 11.0. The molecular formula is C11H11N3O3. The van der Waals surface area contributed by atoms with Crippen molar-refractivity contribution in [1.82, 2.24) is 9.78 Å². The monoisotopic (exact) mass is 233 g/mol. The number of benzene rings is 1. The van der Waals surface area contributed by atoms with Crippen LogP contribution in [-0.4, -0.2) is 26.0 Å². The first-order valence-electron chi connectivity index (χ1n) is 4.92. The van der Waals surface area contributed by atoms with Crippen molar-refractivity contribution in [3.05, 3.63) is 36.0 Å². The van der Waals surface area contributed by atoms with E-state index < -0.39 is 5.97 Å². The maximum absolute atomic E-state index is 10.6. The Morgan fingerprint density at radius 2 is 2.12 bits per heavy atom. The zero-order valence-electron chi connectivity index (χ0n) is 8.87. The third-order valence-corrected chi connectivity index (χ3v) is 2.29. The molecule has 0 aliphatic heterocycles. The average molecular weight is 233 g/mol. The number of rotatable bonds is 3. The molecule has 0 radical (unpaired) electrons. The number of hydrogen-bond donors (Lipinski definition) is 3. The Bertz CT molecular complexity index is 563. The van der Waals surface area contributed by atoms with Crippen molar-refractivity contribution in [3.63, 3.8) is 0 Å². The standard InChI is InChI=1S/C11H11N3O3/c12-11-7(5-10(16)17)6-14(13-11)8-3-1-2-4-9(8)15/h1-4,6,15H,5H2,(H2,12,13)(H,16,17). The van der Waals surface area contributed by atoms with E-state index in [0.29, 0.717) is 11.3 Å². The van der Waals surface area contributed by atoms with Gasteiger partial charge in [0.25, 0.3) is 0 Å². The second-order valence-corrected chi connectivity index (χ2v) is 3.54. The Hall–Kier alpha value is -2.50. The molecule has 1 aromatic carbocycles. The van der Waals surface area contributed by atoms with Crippen LogP contribution in [0.2, 0.25) is 0 Å². The van der Waals surface area contributed by atoms with Crippen LogP contribution in [0.3, 0.4) is 0 Å². The number of hydrogen-bond acceptors (Lipinski definition) is 4. The van der Waals surface area contributed by atoms with Crippen molar-refractivity contribution in [1.29, 1.82) is 0 Å². The highest BCUT2D eigenvalue weighted by molar-refractivity contribution is 5.72. The van der Waals surface area contributed by atoms with Crippen molar-refractivity contribution in [2.24, 2.45) is 0 Å². The molecule has 2 aromatic rings. The Kier molecular flexibility index (Phi) is 2.70. The highest BCUT2D eigenvalue weighted by atomic mass is 16.4. The minimum absolute atomic E-state index is 0.0527. The second-order valence-electron chi connectivity index (χ2n) is 3.54. The number of para-hydroxylation sites is 2. The van der Waals surface area contributed by atoms with Gasteiger partial charge < -0.3 is 15.9 Å². The molecule has 1 aromatic heterocycles. The largest absolute Gasteiger partial charge is 0.506 e. The molecule has 0 fully saturated rings. The molecule has 0 atom stereocenters. The summed E-state index contributed by atoms with van der Waals surface area (Å²) in [6, 6.07) is 6.60. The molecule has 0 aliphatic carbocycles. The van der Waals surface area contributed by atoms with Crippen molar-refractivity contribution in [2.75, 3.05) is 5.73 Å². The van der Waals surface area contributed by atoms with Gasteiger partial charge >= 0.3 is 5.97 Å². The van der Waals surface area contributed by atoms with E-state index in [1.54, 1.807) is 18.2 Å². The van der Waals surface area contributed by atoms with Crippen molar-refractivity contribution in [2.45, 2.75) is 6.42 Å². The Morgan fingerprint density at radius 3 is 2.76 bits per heavy atom. The van der Waals surface area contributed by atoms with E-state index in [0.717, 1.165) is 0 Å². The molecular weight excluding hydrogens is 222 g/mol. The molecule has 4 N–H and O–H groups in total. The predicted octanol–water partition coefficient (Wildman–Crippen LogP) is 0.787.